The number of amides is 1. The van der Waals surface area contributed by atoms with E-state index in [4.69, 9.17) is 4.42 Å². The molecule has 1 fully saturated rings. The largest absolute Gasteiger partial charge is 0.422 e. The molecule has 1 aliphatic carbocycles. The number of para-hydroxylation sites is 1. The second kappa shape index (κ2) is 6.46. The van der Waals surface area contributed by atoms with E-state index in [2.05, 4.69) is 20.8 Å². The molecular weight excluding hydrogens is 322 g/mol. The van der Waals surface area contributed by atoms with Gasteiger partial charge in [-0.25, -0.2) is 9.48 Å². The summed E-state index contributed by atoms with van der Waals surface area (Å²) >= 11 is 0. The van der Waals surface area contributed by atoms with Gasteiger partial charge in [-0.3, -0.25) is 4.79 Å². The van der Waals surface area contributed by atoms with Gasteiger partial charge in [0, 0.05) is 5.39 Å². The van der Waals surface area contributed by atoms with E-state index in [0.717, 1.165) is 25.7 Å². The van der Waals surface area contributed by atoms with Gasteiger partial charge in [0.05, 0.1) is 12.6 Å². The summed E-state index contributed by atoms with van der Waals surface area (Å²) < 4.78 is 6.97. The highest BCUT2D eigenvalue weighted by molar-refractivity contribution is 5.96. The lowest BCUT2D eigenvalue weighted by Crippen LogP contribution is -2.29. The summed E-state index contributed by atoms with van der Waals surface area (Å²) in [6.45, 7) is 0.161. The molecule has 0 unspecified atom stereocenters. The van der Waals surface area contributed by atoms with E-state index >= 15 is 0 Å². The first kappa shape index (κ1) is 15.5. The third kappa shape index (κ3) is 3.02. The molecule has 0 spiro atoms. The lowest BCUT2D eigenvalue weighted by Gasteiger charge is -2.11. The minimum atomic E-state index is -0.661. The smallest absolute Gasteiger partial charge is 0.349 e. The zero-order chi connectivity index (χ0) is 17.2. The van der Waals surface area contributed by atoms with Gasteiger partial charge < -0.3 is 9.73 Å². The maximum absolute atomic E-state index is 12.4. The number of tetrazole rings is 1. The van der Waals surface area contributed by atoms with Gasteiger partial charge in [0.15, 0.2) is 5.82 Å². The number of hydrogen-bond donors (Lipinski definition) is 1. The van der Waals surface area contributed by atoms with Crippen molar-refractivity contribution in [1.29, 1.82) is 0 Å². The van der Waals surface area contributed by atoms with Crippen LogP contribution in [0, 0.1) is 0 Å². The van der Waals surface area contributed by atoms with Crippen LogP contribution in [-0.2, 0) is 6.54 Å². The minimum Gasteiger partial charge on any atom is -0.422 e. The number of fused-ring (bicyclic) bond motifs is 1. The van der Waals surface area contributed by atoms with Crippen LogP contribution in [0.1, 0.15) is 47.9 Å². The van der Waals surface area contributed by atoms with Crippen LogP contribution in [0.2, 0.25) is 0 Å². The van der Waals surface area contributed by atoms with Gasteiger partial charge in [0.25, 0.3) is 5.91 Å². The maximum atomic E-state index is 12.4. The first-order chi connectivity index (χ1) is 12.2. The number of carbonyl (C=O) groups is 1. The molecule has 1 saturated carbocycles. The second-order valence-electron chi connectivity index (χ2n) is 6.15. The van der Waals surface area contributed by atoms with Crippen LogP contribution in [0.3, 0.4) is 0 Å². The third-order valence-corrected chi connectivity index (χ3v) is 4.52. The van der Waals surface area contributed by atoms with Crippen molar-refractivity contribution >= 4 is 16.9 Å². The average Bonchev–Trinajstić information content (AvgIpc) is 3.30. The molecule has 0 radical (unpaired) electrons. The van der Waals surface area contributed by atoms with Gasteiger partial charge in [-0.05, 0) is 35.4 Å². The SMILES string of the molecule is O=C(NCc1nnnn1C1CCCC1)c1cc2ccccc2oc1=O. The van der Waals surface area contributed by atoms with E-state index in [1.807, 2.05) is 6.07 Å². The molecule has 0 atom stereocenters. The molecule has 1 N–H and O–H groups in total. The van der Waals surface area contributed by atoms with Crippen LogP contribution in [0.5, 0.6) is 0 Å². The third-order valence-electron chi connectivity index (χ3n) is 4.52. The van der Waals surface area contributed by atoms with Gasteiger partial charge in [0.2, 0.25) is 0 Å². The number of nitrogens with zero attached hydrogens (tertiary/aromatic N) is 4. The summed E-state index contributed by atoms with van der Waals surface area (Å²) in [4.78, 5) is 24.4. The summed E-state index contributed by atoms with van der Waals surface area (Å²) in [5.41, 5.74) is -0.237. The molecule has 0 bridgehead atoms. The number of hydrogen-bond acceptors (Lipinski definition) is 6. The highest BCUT2D eigenvalue weighted by atomic mass is 16.4. The fraction of sp³-hybridized carbons (Fsp3) is 0.353. The summed E-state index contributed by atoms with van der Waals surface area (Å²) in [5.74, 6) is 0.0888. The van der Waals surface area contributed by atoms with E-state index < -0.39 is 11.5 Å². The van der Waals surface area contributed by atoms with Crippen LogP contribution in [0.4, 0.5) is 0 Å². The van der Waals surface area contributed by atoms with Gasteiger partial charge in [-0.1, -0.05) is 31.0 Å². The van der Waals surface area contributed by atoms with Crippen molar-refractivity contribution in [3.8, 4) is 0 Å². The zero-order valence-electron chi connectivity index (χ0n) is 13.5. The summed E-state index contributed by atoms with van der Waals surface area (Å²) in [6, 6.07) is 8.89. The standard InChI is InChI=1S/C17H17N5O3/c23-16(13-9-11-5-1-4-8-14(11)25-17(13)24)18-10-15-19-20-21-22(15)12-6-2-3-7-12/h1,4-5,8-9,12H,2-3,6-7,10H2,(H,18,23). The fourth-order valence-corrected chi connectivity index (χ4v) is 3.24. The Labute approximate surface area is 142 Å². The van der Waals surface area contributed by atoms with Crippen LogP contribution < -0.4 is 10.9 Å². The van der Waals surface area contributed by atoms with Crippen molar-refractivity contribution in [2.45, 2.75) is 38.3 Å². The van der Waals surface area contributed by atoms with Crippen molar-refractivity contribution in [2.24, 2.45) is 0 Å². The van der Waals surface area contributed by atoms with E-state index in [1.54, 1.807) is 22.9 Å². The normalized spacial score (nSPS) is 14.9. The number of rotatable bonds is 4. The van der Waals surface area contributed by atoms with Crippen molar-refractivity contribution in [2.75, 3.05) is 0 Å². The highest BCUT2D eigenvalue weighted by Crippen LogP contribution is 2.29. The monoisotopic (exact) mass is 339 g/mol. The number of benzene rings is 1. The molecule has 8 heteroatoms. The Kier molecular flexibility index (Phi) is 4.01. The molecule has 0 aliphatic heterocycles. The van der Waals surface area contributed by atoms with Gasteiger partial charge in [-0.15, -0.1) is 5.10 Å². The molecule has 1 amide bonds. The van der Waals surface area contributed by atoms with Crippen molar-refractivity contribution < 1.29 is 9.21 Å². The Bertz CT molecular complexity index is 972. The fourth-order valence-electron chi connectivity index (χ4n) is 3.24. The van der Waals surface area contributed by atoms with Crippen molar-refractivity contribution in [3.63, 3.8) is 0 Å². The second-order valence-corrected chi connectivity index (χ2v) is 6.15. The Morgan fingerprint density at radius 2 is 2.08 bits per heavy atom. The van der Waals surface area contributed by atoms with Crippen LogP contribution in [0.15, 0.2) is 39.5 Å². The molecule has 1 aromatic carbocycles. The lowest BCUT2D eigenvalue weighted by atomic mass is 10.2. The van der Waals surface area contributed by atoms with E-state index in [-0.39, 0.29) is 18.2 Å². The van der Waals surface area contributed by atoms with E-state index in [1.165, 1.54) is 6.07 Å². The predicted molar refractivity (Wildman–Crippen MR) is 89.0 cm³/mol. The van der Waals surface area contributed by atoms with Crippen LogP contribution in [-0.4, -0.2) is 26.1 Å². The lowest BCUT2D eigenvalue weighted by molar-refractivity contribution is 0.0945. The van der Waals surface area contributed by atoms with E-state index in [9.17, 15) is 9.59 Å². The maximum Gasteiger partial charge on any atom is 0.349 e. The minimum absolute atomic E-state index is 0.0291. The molecule has 2 aromatic heterocycles. The van der Waals surface area contributed by atoms with Gasteiger partial charge in [-0.2, -0.15) is 0 Å². The van der Waals surface area contributed by atoms with Crippen LogP contribution >= 0.6 is 0 Å². The molecule has 128 valence electrons. The summed E-state index contributed by atoms with van der Waals surface area (Å²) in [6.07, 6.45) is 4.41. The number of carbonyl (C=O) groups excluding carboxylic acids is 1. The molecule has 3 aromatic rings. The van der Waals surface area contributed by atoms with Gasteiger partial charge in [0.1, 0.15) is 11.1 Å². The van der Waals surface area contributed by atoms with Gasteiger partial charge >= 0.3 is 5.63 Å². The first-order valence-electron chi connectivity index (χ1n) is 8.30. The predicted octanol–water partition coefficient (Wildman–Crippen LogP) is 1.82. The Morgan fingerprint density at radius 3 is 2.92 bits per heavy atom. The molecule has 8 nitrogen and oxygen atoms in total. The zero-order valence-corrected chi connectivity index (χ0v) is 13.5. The topological polar surface area (TPSA) is 103 Å². The van der Waals surface area contributed by atoms with Crippen molar-refractivity contribution in [3.05, 3.63) is 52.1 Å². The molecular formula is C17H17N5O3. The summed E-state index contributed by atoms with van der Waals surface area (Å²) in [7, 11) is 0. The average molecular weight is 339 g/mol. The van der Waals surface area contributed by atoms with Crippen LogP contribution in [0.25, 0.3) is 11.0 Å². The summed E-state index contributed by atoms with van der Waals surface area (Å²) in [5, 5.41) is 15.1. The quantitative estimate of drug-likeness (QED) is 0.727. The molecule has 0 saturated heterocycles. The highest BCUT2D eigenvalue weighted by Gasteiger charge is 2.22. The number of aromatic nitrogens is 4. The molecule has 2 heterocycles. The molecule has 4 rings (SSSR count). The van der Waals surface area contributed by atoms with E-state index in [0.29, 0.717) is 16.8 Å². The Morgan fingerprint density at radius 1 is 1.28 bits per heavy atom. The van der Waals surface area contributed by atoms with Crippen molar-refractivity contribution in [1.82, 2.24) is 25.5 Å². The number of nitrogens with one attached hydrogen (secondary N) is 1. The molecule has 1 aliphatic rings. The first-order valence-corrected chi connectivity index (χ1v) is 8.30. The Hall–Kier alpha value is -3.03. The molecule has 25 heavy (non-hydrogen) atoms. The Balaban J connectivity index is 1.52.